The smallest absolute Gasteiger partial charge is 0.0103 e. The van der Waals surface area contributed by atoms with Crippen molar-refractivity contribution in [2.75, 3.05) is 0 Å². The van der Waals surface area contributed by atoms with Crippen LogP contribution in [-0.2, 0) is 0 Å². The first-order chi connectivity index (χ1) is 8.15. The Morgan fingerprint density at radius 3 is 2.00 bits per heavy atom. The molecule has 0 radical (unpaired) electrons. The molecule has 0 aromatic heterocycles. The van der Waals surface area contributed by atoms with Gasteiger partial charge in [0, 0.05) is 0 Å². The summed E-state index contributed by atoms with van der Waals surface area (Å²) in [5.41, 5.74) is 4.05. The molecule has 84 valence electrons. The van der Waals surface area contributed by atoms with Gasteiger partial charge in [-0.3, -0.25) is 0 Å². The van der Waals surface area contributed by atoms with E-state index in [9.17, 15) is 0 Å². The zero-order chi connectivity index (χ0) is 12.0. The molecule has 0 saturated heterocycles. The van der Waals surface area contributed by atoms with Crippen molar-refractivity contribution in [3.05, 3.63) is 59.2 Å². The minimum Gasteiger partial charge on any atom is -0.0587 e. The lowest BCUT2D eigenvalue weighted by molar-refractivity contribution is 1.37. The minimum atomic E-state index is 1.32. The normalized spacial score (nSPS) is 11.2. The van der Waals surface area contributed by atoms with E-state index in [1.54, 1.807) is 0 Å². The van der Waals surface area contributed by atoms with E-state index in [4.69, 9.17) is 0 Å². The van der Waals surface area contributed by atoms with Crippen molar-refractivity contribution in [3.8, 4) is 0 Å². The van der Waals surface area contributed by atoms with Crippen LogP contribution in [0.15, 0.2) is 42.5 Å². The molecule has 3 aromatic carbocycles. The molecule has 17 heavy (non-hydrogen) atoms. The fourth-order valence-corrected chi connectivity index (χ4v) is 2.45. The van der Waals surface area contributed by atoms with E-state index in [2.05, 4.69) is 63.2 Å². The van der Waals surface area contributed by atoms with Gasteiger partial charge in [-0.15, -0.1) is 0 Å². The third kappa shape index (κ3) is 1.61. The molecule has 0 spiro atoms. The maximum atomic E-state index is 2.31. The van der Waals surface area contributed by atoms with Crippen molar-refractivity contribution in [3.63, 3.8) is 0 Å². The Morgan fingerprint density at radius 1 is 0.588 bits per heavy atom. The lowest BCUT2D eigenvalue weighted by Gasteiger charge is -2.08. The first kappa shape index (κ1) is 10.3. The number of fused-ring (bicyclic) bond motifs is 3. The molecule has 0 saturated carbocycles. The standard InChI is InChI=1S/C17H16/c1-11-4-7-16-14(8-11)5-6-15-9-12(2)13(3)10-17(15)16/h4-10H,1-3H3. The largest absolute Gasteiger partial charge is 0.0587 e. The second kappa shape index (κ2) is 3.59. The third-order valence-corrected chi connectivity index (χ3v) is 3.61. The van der Waals surface area contributed by atoms with Crippen molar-refractivity contribution >= 4 is 21.5 Å². The number of benzene rings is 3. The van der Waals surface area contributed by atoms with Crippen LogP contribution < -0.4 is 0 Å². The van der Waals surface area contributed by atoms with E-state index < -0.39 is 0 Å². The molecule has 0 fully saturated rings. The molecular weight excluding hydrogens is 204 g/mol. The van der Waals surface area contributed by atoms with Crippen molar-refractivity contribution < 1.29 is 0 Å². The van der Waals surface area contributed by atoms with Crippen LogP contribution in [0, 0.1) is 20.8 Å². The summed E-state index contributed by atoms with van der Waals surface area (Å²) in [6.07, 6.45) is 0. The Kier molecular flexibility index (Phi) is 2.19. The molecule has 3 rings (SSSR count). The van der Waals surface area contributed by atoms with Gasteiger partial charge in [0.25, 0.3) is 0 Å². The van der Waals surface area contributed by atoms with Crippen LogP contribution in [0.4, 0.5) is 0 Å². The van der Waals surface area contributed by atoms with Crippen molar-refractivity contribution in [2.45, 2.75) is 20.8 Å². The van der Waals surface area contributed by atoms with Gasteiger partial charge in [0.15, 0.2) is 0 Å². The molecule has 0 atom stereocenters. The lowest BCUT2D eigenvalue weighted by Crippen LogP contribution is -1.84. The van der Waals surface area contributed by atoms with Crippen LogP contribution >= 0.6 is 0 Å². The van der Waals surface area contributed by atoms with E-state index in [-0.39, 0.29) is 0 Å². The van der Waals surface area contributed by atoms with Crippen LogP contribution in [-0.4, -0.2) is 0 Å². The van der Waals surface area contributed by atoms with Gasteiger partial charge in [0.05, 0.1) is 0 Å². The third-order valence-electron chi connectivity index (χ3n) is 3.61. The van der Waals surface area contributed by atoms with Crippen LogP contribution in [0.5, 0.6) is 0 Å². The Morgan fingerprint density at radius 2 is 1.24 bits per heavy atom. The van der Waals surface area contributed by atoms with E-state index in [0.717, 1.165) is 0 Å². The van der Waals surface area contributed by atoms with Gasteiger partial charge in [0.2, 0.25) is 0 Å². The van der Waals surface area contributed by atoms with Crippen LogP contribution in [0.25, 0.3) is 21.5 Å². The van der Waals surface area contributed by atoms with E-state index in [1.807, 2.05) is 0 Å². The average Bonchev–Trinajstić information content (AvgIpc) is 2.30. The minimum absolute atomic E-state index is 1.32. The first-order valence-electron chi connectivity index (χ1n) is 6.05. The molecule has 0 unspecified atom stereocenters. The molecule has 0 bridgehead atoms. The maximum Gasteiger partial charge on any atom is -0.0103 e. The lowest BCUT2D eigenvalue weighted by atomic mass is 9.97. The summed E-state index contributed by atoms with van der Waals surface area (Å²) in [5, 5.41) is 5.40. The predicted molar refractivity (Wildman–Crippen MR) is 75.7 cm³/mol. The molecule has 0 N–H and O–H groups in total. The van der Waals surface area contributed by atoms with Gasteiger partial charge >= 0.3 is 0 Å². The molecule has 3 aromatic rings. The predicted octanol–water partition coefficient (Wildman–Crippen LogP) is 4.92. The Bertz CT molecular complexity index is 721. The van der Waals surface area contributed by atoms with Crippen molar-refractivity contribution in [1.82, 2.24) is 0 Å². The highest BCUT2D eigenvalue weighted by atomic mass is 14.1. The second-order valence-corrected chi connectivity index (χ2v) is 4.95. The highest BCUT2D eigenvalue weighted by Crippen LogP contribution is 2.28. The summed E-state index contributed by atoms with van der Waals surface area (Å²) in [4.78, 5) is 0. The van der Waals surface area contributed by atoms with Crippen LogP contribution in [0.2, 0.25) is 0 Å². The second-order valence-electron chi connectivity index (χ2n) is 4.95. The molecule has 0 aliphatic heterocycles. The molecule has 0 aliphatic rings. The van der Waals surface area contributed by atoms with E-state index in [0.29, 0.717) is 0 Å². The molecule has 0 aliphatic carbocycles. The monoisotopic (exact) mass is 220 g/mol. The Hall–Kier alpha value is -1.82. The summed E-state index contributed by atoms with van der Waals surface area (Å²) >= 11 is 0. The maximum absolute atomic E-state index is 2.31. The highest BCUT2D eigenvalue weighted by molar-refractivity contribution is 6.08. The van der Waals surface area contributed by atoms with Gasteiger partial charge in [0.1, 0.15) is 0 Å². The molecule has 0 amide bonds. The SMILES string of the molecule is Cc1ccc2c(ccc3cc(C)c(C)cc32)c1. The average molecular weight is 220 g/mol. The van der Waals surface area contributed by atoms with Gasteiger partial charge in [-0.1, -0.05) is 48.0 Å². The van der Waals surface area contributed by atoms with Crippen molar-refractivity contribution in [1.29, 1.82) is 0 Å². The quantitative estimate of drug-likeness (QED) is 0.472. The number of hydrogen-bond acceptors (Lipinski definition) is 0. The first-order valence-corrected chi connectivity index (χ1v) is 6.05. The number of rotatable bonds is 0. The van der Waals surface area contributed by atoms with Gasteiger partial charge in [-0.2, -0.15) is 0 Å². The number of aryl methyl sites for hydroxylation is 3. The summed E-state index contributed by atoms with van der Waals surface area (Å²) in [6.45, 7) is 6.50. The summed E-state index contributed by atoms with van der Waals surface area (Å²) in [7, 11) is 0. The topological polar surface area (TPSA) is 0 Å². The van der Waals surface area contributed by atoms with Crippen molar-refractivity contribution in [2.24, 2.45) is 0 Å². The Balaban J connectivity index is 2.50. The fraction of sp³-hybridized carbons (Fsp3) is 0.176. The fourth-order valence-electron chi connectivity index (χ4n) is 2.45. The zero-order valence-electron chi connectivity index (χ0n) is 10.5. The summed E-state index contributed by atoms with van der Waals surface area (Å²) in [6, 6.07) is 15.7. The molecular formula is C17H16. The van der Waals surface area contributed by atoms with Gasteiger partial charge < -0.3 is 0 Å². The zero-order valence-corrected chi connectivity index (χ0v) is 10.5. The highest BCUT2D eigenvalue weighted by Gasteiger charge is 2.02. The Labute approximate surface area is 102 Å². The van der Waals surface area contributed by atoms with E-state index in [1.165, 1.54) is 38.2 Å². The summed E-state index contributed by atoms with van der Waals surface area (Å²) in [5.74, 6) is 0. The van der Waals surface area contributed by atoms with Gasteiger partial charge in [-0.05, 0) is 53.4 Å². The van der Waals surface area contributed by atoms with Crippen LogP contribution in [0.1, 0.15) is 16.7 Å². The van der Waals surface area contributed by atoms with Gasteiger partial charge in [-0.25, -0.2) is 0 Å². The number of hydrogen-bond donors (Lipinski definition) is 0. The molecule has 0 heterocycles. The van der Waals surface area contributed by atoms with E-state index >= 15 is 0 Å². The molecule has 0 heteroatoms. The summed E-state index contributed by atoms with van der Waals surface area (Å²) < 4.78 is 0. The molecule has 0 nitrogen and oxygen atoms in total. The van der Waals surface area contributed by atoms with Crippen LogP contribution in [0.3, 0.4) is 0 Å².